The number of morpholine rings is 1. The SMILES string of the molecule is [B]c1cc(COc2cccc3c2CN(C2CCC(=O)NC2=O)C3=O)cc([B])c1C([B])N1CCOCC1=O. The second-order valence-corrected chi connectivity index (χ2v) is 9.24. The number of carbonyl (C=O) groups excluding carboxylic acids is 4. The average molecular weight is 493 g/mol. The molecule has 182 valence electrons. The van der Waals surface area contributed by atoms with Gasteiger partial charge in [-0.05, 0) is 29.7 Å². The van der Waals surface area contributed by atoms with E-state index < -0.39 is 17.9 Å². The van der Waals surface area contributed by atoms with Gasteiger partial charge < -0.3 is 19.3 Å². The molecule has 5 rings (SSSR count). The van der Waals surface area contributed by atoms with Crippen molar-refractivity contribution in [3.63, 3.8) is 0 Å². The van der Waals surface area contributed by atoms with E-state index in [0.717, 1.165) is 0 Å². The molecule has 0 spiro atoms. The largest absolute Gasteiger partial charge is 0.489 e. The molecule has 0 aliphatic carbocycles. The molecule has 6 radical (unpaired) electrons. The number of hydrogen-bond acceptors (Lipinski definition) is 6. The lowest BCUT2D eigenvalue weighted by atomic mass is 9.71. The van der Waals surface area contributed by atoms with Crippen LogP contribution >= 0.6 is 0 Å². The summed E-state index contributed by atoms with van der Waals surface area (Å²) in [5, 5.41) is 2.30. The van der Waals surface area contributed by atoms with Gasteiger partial charge in [-0.2, -0.15) is 0 Å². The number of nitrogens with zero attached hydrogens (tertiary/aromatic N) is 2. The minimum Gasteiger partial charge on any atom is -0.489 e. The Hall–Kier alpha value is -3.53. The van der Waals surface area contributed by atoms with E-state index in [0.29, 0.717) is 52.1 Å². The maximum atomic E-state index is 13.0. The Labute approximate surface area is 218 Å². The smallest absolute Gasteiger partial charge is 0.255 e. The number of imide groups is 1. The standard InChI is InChI=1S/C25H22B3N3O6/c26-16-8-13(9-17(27)22(16)23(28)30-6-7-36-12-21(30)33)11-37-19-3-1-2-14-15(19)10-31(25(14)35)18-4-5-20(32)29-24(18)34/h1-3,8-9,18,23H,4-7,10-12H2,(H,29,32,34). The topological polar surface area (TPSA) is 105 Å². The number of piperidine rings is 1. The molecule has 12 heteroatoms. The molecule has 2 aromatic carbocycles. The van der Waals surface area contributed by atoms with E-state index in [2.05, 4.69) is 5.32 Å². The van der Waals surface area contributed by atoms with E-state index in [4.69, 9.17) is 33.0 Å². The first-order valence-corrected chi connectivity index (χ1v) is 11.9. The van der Waals surface area contributed by atoms with Gasteiger partial charge in [-0.15, -0.1) is 0 Å². The van der Waals surface area contributed by atoms with Crippen molar-refractivity contribution in [3.05, 3.63) is 52.6 Å². The Balaban J connectivity index is 1.31. The van der Waals surface area contributed by atoms with Crippen LogP contribution in [0.3, 0.4) is 0 Å². The Kier molecular flexibility index (Phi) is 6.85. The summed E-state index contributed by atoms with van der Waals surface area (Å²) in [7, 11) is 18.9. The molecule has 0 aromatic heterocycles. The van der Waals surface area contributed by atoms with E-state index in [1.54, 1.807) is 30.3 Å². The number of benzene rings is 2. The van der Waals surface area contributed by atoms with Crippen LogP contribution in [0.15, 0.2) is 30.3 Å². The Bertz CT molecular complexity index is 1280. The second-order valence-electron chi connectivity index (χ2n) is 9.24. The van der Waals surface area contributed by atoms with E-state index in [9.17, 15) is 19.2 Å². The van der Waals surface area contributed by atoms with Crippen LogP contribution < -0.4 is 21.0 Å². The van der Waals surface area contributed by atoms with Crippen LogP contribution in [0.25, 0.3) is 0 Å². The number of fused-ring (bicyclic) bond motifs is 1. The molecule has 9 nitrogen and oxygen atoms in total. The molecule has 2 unspecified atom stereocenters. The van der Waals surface area contributed by atoms with Crippen LogP contribution in [-0.4, -0.2) is 82.8 Å². The highest BCUT2D eigenvalue weighted by molar-refractivity contribution is 6.41. The van der Waals surface area contributed by atoms with E-state index in [-0.39, 0.29) is 50.3 Å². The van der Waals surface area contributed by atoms with Crippen LogP contribution in [-0.2, 0) is 32.3 Å². The molecule has 2 saturated heterocycles. The Morgan fingerprint density at radius 3 is 2.59 bits per heavy atom. The molecule has 2 atom stereocenters. The monoisotopic (exact) mass is 493 g/mol. The minimum absolute atomic E-state index is 0.0374. The maximum Gasteiger partial charge on any atom is 0.255 e. The van der Waals surface area contributed by atoms with Gasteiger partial charge in [0.2, 0.25) is 17.7 Å². The lowest BCUT2D eigenvalue weighted by Gasteiger charge is -2.35. The highest BCUT2D eigenvalue weighted by Crippen LogP contribution is 2.34. The van der Waals surface area contributed by atoms with Crippen LogP contribution in [0, 0.1) is 0 Å². The van der Waals surface area contributed by atoms with Crippen LogP contribution in [0.5, 0.6) is 5.75 Å². The highest BCUT2D eigenvalue weighted by Gasteiger charge is 2.40. The van der Waals surface area contributed by atoms with Gasteiger partial charge in [0.1, 0.15) is 48.5 Å². The van der Waals surface area contributed by atoms with Crippen molar-refractivity contribution < 1.29 is 28.7 Å². The van der Waals surface area contributed by atoms with Crippen molar-refractivity contribution in [2.75, 3.05) is 19.8 Å². The number of carbonyl (C=O) groups is 4. The van der Waals surface area contributed by atoms with Gasteiger partial charge in [0.15, 0.2) is 0 Å². The molecule has 2 fully saturated rings. The first-order chi connectivity index (χ1) is 17.7. The highest BCUT2D eigenvalue weighted by atomic mass is 16.5. The minimum atomic E-state index is -0.798. The molecule has 4 amide bonds. The molecule has 3 aliphatic rings. The third-order valence-corrected chi connectivity index (χ3v) is 6.89. The van der Waals surface area contributed by atoms with Crippen molar-refractivity contribution in [2.45, 2.75) is 38.0 Å². The van der Waals surface area contributed by atoms with Crippen molar-refractivity contribution in [1.82, 2.24) is 15.1 Å². The zero-order valence-corrected chi connectivity index (χ0v) is 20.1. The molecule has 2 aromatic rings. The van der Waals surface area contributed by atoms with Crippen LogP contribution in [0.4, 0.5) is 0 Å². The first-order valence-electron chi connectivity index (χ1n) is 11.9. The lowest BCUT2D eigenvalue weighted by molar-refractivity contribution is -0.143. The molecule has 37 heavy (non-hydrogen) atoms. The van der Waals surface area contributed by atoms with Gasteiger partial charge in [0.05, 0.1) is 13.2 Å². The average Bonchev–Trinajstić information content (AvgIpc) is 3.19. The van der Waals surface area contributed by atoms with Crippen molar-refractivity contribution >= 4 is 58.1 Å². The maximum absolute atomic E-state index is 13.0. The third-order valence-electron chi connectivity index (χ3n) is 6.89. The normalized spacial score (nSPS) is 20.6. The first kappa shape index (κ1) is 25.1. The van der Waals surface area contributed by atoms with Gasteiger partial charge >= 0.3 is 0 Å². The zero-order chi connectivity index (χ0) is 26.3. The van der Waals surface area contributed by atoms with E-state index in [1.165, 1.54) is 9.80 Å². The summed E-state index contributed by atoms with van der Waals surface area (Å²) >= 11 is 0. The Morgan fingerprint density at radius 2 is 1.89 bits per heavy atom. The summed E-state index contributed by atoms with van der Waals surface area (Å²) in [6, 6.07) is 7.84. The summed E-state index contributed by atoms with van der Waals surface area (Å²) in [6.07, 6.45) is 0.464. The molecule has 1 N–H and O–H groups in total. The molecule has 3 aliphatic heterocycles. The number of amides is 4. The molecular weight excluding hydrogens is 471 g/mol. The number of nitrogens with one attached hydrogen (secondary N) is 1. The fourth-order valence-corrected chi connectivity index (χ4v) is 5.02. The molecule has 0 bridgehead atoms. The Morgan fingerprint density at radius 1 is 1.14 bits per heavy atom. The quantitative estimate of drug-likeness (QED) is 0.394. The van der Waals surface area contributed by atoms with E-state index >= 15 is 0 Å². The number of ether oxygens (including phenoxy) is 2. The summed E-state index contributed by atoms with van der Waals surface area (Å²) in [5.41, 5.74) is 2.94. The van der Waals surface area contributed by atoms with Gasteiger partial charge in [-0.25, -0.2) is 0 Å². The van der Waals surface area contributed by atoms with Gasteiger partial charge in [0.25, 0.3) is 5.91 Å². The van der Waals surface area contributed by atoms with Crippen LogP contribution in [0.2, 0.25) is 0 Å². The van der Waals surface area contributed by atoms with Gasteiger partial charge in [-0.1, -0.05) is 29.1 Å². The molecule has 3 heterocycles. The van der Waals surface area contributed by atoms with E-state index in [1.807, 2.05) is 0 Å². The van der Waals surface area contributed by atoms with Crippen molar-refractivity contribution in [1.29, 1.82) is 0 Å². The summed E-state index contributed by atoms with van der Waals surface area (Å²) in [4.78, 5) is 52.0. The van der Waals surface area contributed by atoms with Crippen molar-refractivity contribution in [2.24, 2.45) is 0 Å². The van der Waals surface area contributed by atoms with Gasteiger partial charge in [-0.3, -0.25) is 24.5 Å². The summed E-state index contributed by atoms with van der Waals surface area (Å²) in [6.45, 7) is 1.00. The van der Waals surface area contributed by atoms with Gasteiger partial charge in [0, 0.05) is 30.0 Å². The lowest BCUT2D eigenvalue weighted by Crippen LogP contribution is -2.52. The summed E-state index contributed by atoms with van der Waals surface area (Å²) in [5.74, 6) is -1.62. The predicted molar refractivity (Wildman–Crippen MR) is 135 cm³/mol. The molecular formula is C25H22B3N3O6. The van der Waals surface area contributed by atoms with Crippen LogP contribution in [0.1, 0.15) is 45.8 Å². The number of rotatable bonds is 6. The second kappa shape index (κ2) is 10.1. The third kappa shape index (κ3) is 4.77. The zero-order valence-electron chi connectivity index (χ0n) is 20.1. The fourth-order valence-electron chi connectivity index (χ4n) is 5.02. The fraction of sp³-hybridized carbons (Fsp3) is 0.360. The predicted octanol–water partition coefficient (Wildman–Crippen LogP) is -1.36. The number of hydrogen-bond donors (Lipinski definition) is 1. The summed E-state index contributed by atoms with van der Waals surface area (Å²) < 4.78 is 11.2. The van der Waals surface area contributed by atoms with Crippen molar-refractivity contribution in [3.8, 4) is 5.75 Å². The molecule has 0 saturated carbocycles.